The van der Waals surface area contributed by atoms with E-state index in [-0.39, 0.29) is 11.6 Å². The Balaban J connectivity index is 2.63. The molecule has 1 N–H and O–H groups in total. The van der Waals surface area contributed by atoms with Crippen LogP contribution >= 0.6 is 15.9 Å². The van der Waals surface area contributed by atoms with Crippen LogP contribution in [0.25, 0.3) is 0 Å². The van der Waals surface area contributed by atoms with E-state index in [0.29, 0.717) is 6.54 Å². The first kappa shape index (κ1) is 9.19. The molecule has 0 atom stereocenters. The van der Waals surface area contributed by atoms with Crippen LogP contribution < -0.4 is 5.32 Å². The first-order valence-corrected chi connectivity index (χ1v) is 4.17. The second-order valence-corrected chi connectivity index (χ2v) is 3.33. The number of rotatable bonds is 3. The van der Waals surface area contributed by atoms with Crippen LogP contribution in [0.2, 0.25) is 0 Å². The molecule has 4 heteroatoms. The van der Waals surface area contributed by atoms with E-state index in [0.717, 1.165) is 4.48 Å². The van der Waals surface area contributed by atoms with E-state index in [9.17, 15) is 4.39 Å². The quantitative estimate of drug-likeness (QED) is 0.864. The minimum atomic E-state index is -0.355. The van der Waals surface area contributed by atoms with Crippen molar-refractivity contribution in [2.75, 3.05) is 11.9 Å². The van der Waals surface area contributed by atoms with Gasteiger partial charge in [-0.1, -0.05) is 22.5 Å². The molecule has 0 fully saturated rings. The number of hydrogen-bond acceptors (Lipinski definition) is 2. The van der Waals surface area contributed by atoms with Crippen molar-refractivity contribution >= 4 is 21.7 Å². The predicted octanol–water partition coefficient (Wildman–Crippen LogP) is 2.54. The molecule has 0 aliphatic heterocycles. The Labute approximate surface area is 78.6 Å². The van der Waals surface area contributed by atoms with E-state index < -0.39 is 0 Å². The Hall–Kier alpha value is -0.900. The molecular formula is C8H8BrFN2. The standard InChI is InChI=1S/C8H8BrFN2/c1-6(9)5-12-8-7(10)3-2-4-11-8/h2-4H,1,5H2,(H,11,12). The van der Waals surface area contributed by atoms with Crippen LogP contribution in [0.5, 0.6) is 0 Å². The maximum Gasteiger partial charge on any atom is 0.165 e. The van der Waals surface area contributed by atoms with Gasteiger partial charge in [0.15, 0.2) is 11.6 Å². The number of hydrogen-bond donors (Lipinski definition) is 1. The molecule has 1 aromatic heterocycles. The summed E-state index contributed by atoms with van der Waals surface area (Å²) in [6, 6.07) is 2.90. The average molecular weight is 231 g/mol. The summed E-state index contributed by atoms with van der Waals surface area (Å²) >= 11 is 3.15. The highest BCUT2D eigenvalue weighted by atomic mass is 79.9. The third-order valence-corrected chi connectivity index (χ3v) is 1.49. The molecule has 0 aromatic carbocycles. The van der Waals surface area contributed by atoms with Crippen molar-refractivity contribution in [3.05, 3.63) is 35.2 Å². The van der Waals surface area contributed by atoms with Gasteiger partial charge in [-0.2, -0.15) is 0 Å². The van der Waals surface area contributed by atoms with Gasteiger partial charge in [-0.15, -0.1) is 0 Å². The van der Waals surface area contributed by atoms with Crippen LogP contribution in [0, 0.1) is 5.82 Å². The third-order valence-electron chi connectivity index (χ3n) is 1.21. The zero-order valence-corrected chi connectivity index (χ0v) is 7.94. The van der Waals surface area contributed by atoms with E-state index in [2.05, 4.69) is 32.8 Å². The van der Waals surface area contributed by atoms with Gasteiger partial charge in [0.2, 0.25) is 0 Å². The van der Waals surface area contributed by atoms with E-state index in [1.54, 1.807) is 6.07 Å². The largest absolute Gasteiger partial charge is 0.363 e. The second-order valence-electron chi connectivity index (χ2n) is 2.20. The van der Waals surface area contributed by atoms with Crippen molar-refractivity contribution in [2.24, 2.45) is 0 Å². The van der Waals surface area contributed by atoms with E-state index in [4.69, 9.17) is 0 Å². The lowest BCUT2D eigenvalue weighted by Crippen LogP contribution is -2.04. The van der Waals surface area contributed by atoms with Gasteiger partial charge in [-0.05, 0) is 12.1 Å². The number of pyridine rings is 1. The first-order chi connectivity index (χ1) is 5.70. The van der Waals surface area contributed by atoms with Gasteiger partial charge in [0.05, 0.1) is 0 Å². The first-order valence-electron chi connectivity index (χ1n) is 3.38. The normalized spacial score (nSPS) is 9.50. The second kappa shape index (κ2) is 4.21. The molecule has 1 heterocycles. The average Bonchev–Trinajstić information content (AvgIpc) is 2.03. The fourth-order valence-corrected chi connectivity index (χ4v) is 0.836. The van der Waals surface area contributed by atoms with E-state index in [1.807, 2.05) is 0 Å². The maximum atomic E-state index is 12.9. The monoisotopic (exact) mass is 230 g/mol. The third kappa shape index (κ3) is 2.62. The summed E-state index contributed by atoms with van der Waals surface area (Å²) in [5.41, 5.74) is 0. The Bertz CT molecular complexity index is 288. The summed E-state index contributed by atoms with van der Waals surface area (Å²) in [6.07, 6.45) is 1.53. The van der Waals surface area contributed by atoms with Gasteiger partial charge >= 0.3 is 0 Å². The predicted molar refractivity (Wildman–Crippen MR) is 50.8 cm³/mol. The molecule has 64 valence electrons. The van der Waals surface area contributed by atoms with E-state index >= 15 is 0 Å². The zero-order chi connectivity index (χ0) is 8.97. The lowest BCUT2D eigenvalue weighted by atomic mass is 10.4. The van der Waals surface area contributed by atoms with Crippen molar-refractivity contribution in [3.8, 4) is 0 Å². The van der Waals surface area contributed by atoms with Crippen molar-refractivity contribution < 1.29 is 4.39 Å². The molecular weight excluding hydrogens is 223 g/mol. The van der Waals surface area contributed by atoms with Crippen molar-refractivity contribution in [1.82, 2.24) is 4.98 Å². The van der Waals surface area contributed by atoms with Gasteiger partial charge < -0.3 is 5.32 Å². The number of halogens is 2. The van der Waals surface area contributed by atoms with Gasteiger partial charge in [-0.3, -0.25) is 0 Å². The summed E-state index contributed by atoms with van der Waals surface area (Å²) in [5, 5.41) is 2.78. The fraction of sp³-hybridized carbons (Fsp3) is 0.125. The van der Waals surface area contributed by atoms with Crippen molar-refractivity contribution in [2.45, 2.75) is 0 Å². The van der Waals surface area contributed by atoms with Crippen LogP contribution in [0.4, 0.5) is 10.2 Å². The molecule has 0 saturated heterocycles. The summed E-state index contributed by atoms with van der Waals surface area (Å²) in [4.78, 5) is 3.80. The molecule has 0 spiro atoms. The Morgan fingerprint density at radius 1 is 1.75 bits per heavy atom. The van der Waals surface area contributed by atoms with Gasteiger partial charge in [0.1, 0.15) is 0 Å². The van der Waals surface area contributed by atoms with Crippen LogP contribution in [0.15, 0.2) is 29.4 Å². The van der Waals surface area contributed by atoms with Crippen molar-refractivity contribution in [3.63, 3.8) is 0 Å². The maximum absolute atomic E-state index is 12.9. The smallest absolute Gasteiger partial charge is 0.165 e. The summed E-state index contributed by atoms with van der Waals surface area (Å²) in [6.45, 7) is 4.07. The minimum Gasteiger partial charge on any atom is -0.363 e. The van der Waals surface area contributed by atoms with Gasteiger partial charge in [-0.25, -0.2) is 9.37 Å². The molecule has 0 unspecified atom stereocenters. The Morgan fingerprint density at radius 3 is 3.08 bits per heavy atom. The zero-order valence-electron chi connectivity index (χ0n) is 6.35. The Morgan fingerprint density at radius 2 is 2.50 bits per heavy atom. The van der Waals surface area contributed by atoms with Crippen LogP contribution in [0.3, 0.4) is 0 Å². The van der Waals surface area contributed by atoms with Crippen LogP contribution in [-0.2, 0) is 0 Å². The highest BCUT2D eigenvalue weighted by molar-refractivity contribution is 9.11. The molecule has 0 aliphatic carbocycles. The van der Waals surface area contributed by atoms with Crippen LogP contribution in [0.1, 0.15) is 0 Å². The highest BCUT2D eigenvalue weighted by Gasteiger charge is 1.99. The molecule has 0 aliphatic rings. The topological polar surface area (TPSA) is 24.9 Å². The molecule has 0 amide bonds. The summed E-state index contributed by atoms with van der Waals surface area (Å²) in [5.74, 6) is -0.107. The molecule has 12 heavy (non-hydrogen) atoms. The molecule has 1 rings (SSSR count). The Kier molecular flexibility index (Phi) is 3.22. The molecule has 0 radical (unpaired) electrons. The minimum absolute atomic E-state index is 0.248. The molecule has 1 aromatic rings. The SMILES string of the molecule is C=C(Br)CNc1ncccc1F. The fourth-order valence-electron chi connectivity index (χ4n) is 0.695. The molecule has 0 bridgehead atoms. The molecule has 2 nitrogen and oxygen atoms in total. The summed E-state index contributed by atoms with van der Waals surface area (Å²) in [7, 11) is 0. The van der Waals surface area contributed by atoms with Gasteiger partial charge in [0.25, 0.3) is 0 Å². The highest BCUT2D eigenvalue weighted by Crippen LogP contribution is 2.09. The number of aromatic nitrogens is 1. The molecule has 0 saturated carbocycles. The van der Waals surface area contributed by atoms with E-state index in [1.165, 1.54) is 12.3 Å². The summed E-state index contributed by atoms with van der Waals surface area (Å²) < 4.78 is 13.6. The number of nitrogens with zero attached hydrogens (tertiary/aromatic N) is 1. The lowest BCUT2D eigenvalue weighted by molar-refractivity contribution is 0.625. The van der Waals surface area contributed by atoms with Crippen LogP contribution in [-0.4, -0.2) is 11.5 Å². The van der Waals surface area contributed by atoms with Crippen molar-refractivity contribution in [1.29, 1.82) is 0 Å². The number of nitrogens with one attached hydrogen (secondary N) is 1. The number of anilines is 1. The van der Waals surface area contributed by atoms with Gasteiger partial charge in [0, 0.05) is 17.2 Å². The lowest BCUT2D eigenvalue weighted by Gasteiger charge is -2.03.